The Bertz CT molecular complexity index is 351. The van der Waals surface area contributed by atoms with Crippen LogP contribution in [0.5, 0.6) is 0 Å². The van der Waals surface area contributed by atoms with Gasteiger partial charge in [0.15, 0.2) is 0 Å². The lowest BCUT2D eigenvalue weighted by Gasteiger charge is -2.21. The molecule has 0 bridgehead atoms. The van der Waals surface area contributed by atoms with E-state index in [1.165, 1.54) is 25.7 Å². The van der Waals surface area contributed by atoms with Gasteiger partial charge < -0.3 is 5.11 Å². The van der Waals surface area contributed by atoms with Gasteiger partial charge in [0.05, 0.1) is 17.5 Å². The molecule has 0 spiro atoms. The molecule has 0 aromatic carbocycles. The molecule has 3 nitrogen and oxygen atoms in total. The number of hydrogen-bond acceptors (Lipinski definition) is 2. The Labute approximate surface area is 104 Å². The molecular weight excluding hydrogens is 212 g/mol. The lowest BCUT2D eigenvalue weighted by Crippen LogP contribution is -2.15. The first kappa shape index (κ1) is 12.6. The Morgan fingerprint density at radius 1 is 1.35 bits per heavy atom. The second kappa shape index (κ2) is 5.67. The molecule has 3 heteroatoms. The van der Waals surface area contributed by atoms with Crippen molar-refractivity contribution in [1.82, 2.24) is 9.78 Å². The van der Waals surface area contributed by atoms with Crippen LogP contribution in [0.3, 0.4) is 0 Å². The Balaban J connectivity index is 2.11. The van der Waals surface area contributed by atoms with Crippen LogP contribution in [0.1, 0.15) is 62.9 Å². The molecule has 0 amide bonds. The van der Waals surface area contributed by atoms with E-state index in [4.69, 9.17) is 0 Å². The summed E-state index contributed by atoms with van der Waals surface area (Å²) in [4.78, 5) is 0. The number of rotatable bonds is 3. The van der Waals surface area contributed by atoms with Crippen LogP contribution in [0.15, 0.2) is 6.07 Å². The third-order valence-corrected chi connectivity index (χ3v) is 3.98. The molecule has 2 rings (SSSR count). The van der Waals surface area contributed by atoms with Crippen LogP contribution in [-0.4, -0.2) is 14.9 Å². The highest BCUT2D eigenvalue weighted by molar-refractivity contribution is 5.13. The average Bonchev–Trinajstić information content (AvgIpc) is 2.56. The second-order valence-corrected chi connectivity index (χ2v) is 5.23. The van der Waals surface area contributed by atoms with E-state index in [0.29, 0.717) is 5.92 Å². The van der Waals surface area contributed by atoms with E-state index in [-0.39, 0.29) is 6.10 Å². The zero-order chi connectivity index (χ0) is 12.3. The Kier molecular flexibility index (Phi) is 4.21. The lowest BCUT2D eigenvalue weighted by molar-refractivity contribution is 0.0910. The average molecular weight is 236 g/mol. The van der Waals surface area contributed by atoms with E-state index < -0.39 is 0 Å². The van der Waals surface area contributed by atoms with Crippen molar-refractivity contribution in [2.75, 3.05) is 0 Å². The Hall–Kier alpha value is -0.830. The van der Waals surface area contributed by atoms with Crippen molar-refractivity contribution >= 4 is 0 Å². The van der Waals surface area contributed by atoms with E-state index >= 15 is 0 Å². The maximum absolute atomic E-state index is 10.5. The van der Waals surface area contributed by atoms with E-state index in [1.54, 1.807) is 0 Å². The smallest absolute Gasteiger partial charge is 0.0984 e. The van der Waals surface area contributed by atoms with Gasteiger partial charge in [-0.3, -0.25) is 4.68 Å². The highest BCUT2D eigenvalue weighted by Crippen LogP contribution is 2.33. The molecule has 1 aromatic heterocycles. The summed E-state index contributed by atoms with van der Waals surface area (Å²) >= 11 is 0. The number of aliphatic hydroxyl groups excluding tert-OH is 1. The minimum Gasteiger partial charge on any atom is -0.387 e. The number of aryl methyl sites for hydroxylation is 2. The molecule has 1 unspecified atom stereocenters. The van der Waals surface area contributed by atoms with Crippen LogP contribution >= 0.6 is 0 Å². The molecule has 0 radical (unpaired) electrons. The number of hydrogen-bond donors (Lipinski definition) is 1. The van der Waals surface area contributed by atoms with Crippen molar-refractivity contribution in [3.8, 4) is 0 Å². The lowest BCUT2D eigenvalue weighted by atomic mass is 9.92. The molecule has 1 aliphatic carbocycles. The van der Waals surface area contributed by atoms with Gasteiger partial charge in [-0.25, -0.2) is 0 Å². The first-order valence-electron chi connectivity index (χ1n) is 6.93. The summed E-state index contributed by atoms with van der Waals surface area (Å²) in [5, 5.41) is 14.9. The summed E-state index contributed by atoms with van der Waals surface area (Å²) in [6.45, 7) is 2.10. The molecule has 1 heterocycles. The van der Waals surface area contributed by atoms with Gasteiger partial charge in [-0.1, -0.05) is 32.6 Å². The largest absolute Gasteiger partial charge is 0.387 e. The summed E-state index contributed by atoms with van der Waals surface area (Å²) in [6.07, 6.45) is 8.11. The molecule has 1 aliphatic rings. The Morgan fingerprint density at radius 2 is 2.00 bits per heavy atom. The first-order chi connectivity index (χ1) is 8.22. The van der Waals surface area contributed by atoms with Gasteiger partial charge in [0.25, 0.3) is 0 Å². The maximum atomic E-state index is 10.5. The van der Waals surface area contributed by atoms with Crippen molar-refractivity contribution < 1.29 is 5.11 Å². The highest BCUT2D eigenvalue weighted by Gasteiger charge is 2.24. The van der Waals surface area contributed by atoms with E-state index in [0.717, 1.165) is 30.7 Å². The van der Waals surface area contributed by atoms with Gasteiger partial charge in [0, 0.05) is 7.05 Å². The molecule has 1 N–H and O–H groups in total. The normalized spacial score (nSPS) is 20.2. The van der Waals surface area contributed by atoms with Crippen molar-refractivity contribution in [3.05, 3.63) is 17.5 Å². The predicted octanol–water partition coefficient (Wildman–Crippen LogP) is 2.99. The topological polar surface area (TPSA) is 38.0 Å². The Morgan fingerprint density at radius 3 is 2.53 bits per heavy atom. The third kappa shape index (κ3) is 2.89. The van der Waals surface area contributed by atoms with E-state index in [2.05, 4.69) is 18.1 Å². The monoisotopic (exact) mass is 236 g/mol. The summed E-state index contributed by atoms with van der Waals surface area (Å²) in [5.41, 5.74) is 2.07. The molecule has 1 aromatic rings. The molecule has 96 valence electrons. The minimum atomic E-state index is -0.328. The fourth-order valence-electron chi connectivity index (χ4n) is 2.86. The second-order valence-electron chi connectivity index (χ2n) is 5.23. The van der Waals surface area contributed by atoms with Gasteiger partial charge in [0.1, 0.15) is 0 Å². The van der Waals surface area contributed by atoms with Gasteiger partial charge >= 0.3 is 0 Å². The molecule has 1 saturated carbocycles. The molecule has 0 saturated heterocycles. The van der Waals surface area contributed by atoms with Crippen LogP contribution < -0.4 is 0 Å². The number of nitrogens with zero attached hydrogens (tertiary/aromatic N) is 2. The minimum absolute atomic E-state index is 0.328. The summed E-state index contributed by atoms with van der Waals surface area (Å²) in [5.74, 6) is 0.428. The van der Waals surface area contributed by atoms with Crippen LogP contribution in [0, 0.1) is 5.92 Å². The zero-order valence-corrected chi connectivity index (χ0v) is 11.0. The van der Waals surface area contributed by atoms with Crippen LogP contribution in [0.4, 0.5) is 0 Å². The van der Waals surface area contributed by atoms with Gasteiger partial charge in [-0.2, -0.15) is 5.10 Å². The standard InChI is InChI=1S/C14H24N2O/c1-3-12-10-13(16(2)15-12)14(17)11-8-6-4-5-7-9-11/h10-11,14,17H,3-9H2,1-2H3. The first-order valence-corrected chi connectivity index (χ1v) is 6.93. The number of aromatic nitrogens is 2. The van der Waals surface area contributed by atoms with Crippen LogP contribution in [-0.2, 0) is 13.5 Å². The summed E-state index contributed by atoms with van der Waals surface area (Å²) < 4.78 is 1.86. The molecule has 1 atom stereocenters. The maximum Gasteiger partial charge on any atom is 0.0984 e. The van der Waals surface area contributed by atoms with E-state index in [1.807, 2.05) is 11.7 Å². The zero-order valence-electron chi connectivity index (χ0n) is 11.0. The molecular formula is C14H24N2O. The quantitative estimate of drug-likeness (QED) is 0.819. The summed E-state index contributed by atoms with van der Waals surface area (Å²) in [6, 6.07) is 2.07. The van der Waals surface area contributed by atoms with Crippen molar-refractivity contribution in [2.45, 2.75) is 58.0 Å². The number of aliphatic hydroxyl groups is 1. The molecule has 1 fully saturated rings. The van der Waals surface area contributed by atoms with Gasteiger partial charge in [-0.15, -0.1) is 0 Å². The fourth-order valence-corrected chi connectivity index (χ4v) is 2.86. The SMILES string of the molecule is CCc1cc(C(O)C2CCCCCC2)n(C)n1. The van der Waals surface area contributed by atoms with Crippen molar-refractivity contribution in [1.29, 1.82) is 0 Å². The fraction of sp³-hybridized carbons (Fsp3) is 0.786. The highest BCUT2D eigenvalue weighted by atomic mass is 16.3. The third-order valence-electron chi connectivity index (χ3n) is 3.98. The van der Waals surface area contributed by atoms with Crippen LogP contribution in [0.25, 0.3) is 0 Å². The van der Waals surface area contributed by atoms with Crippen molar-refractivity contribution in [3.63, 3.8) is 0 Å². The molecule has 17 heavy (non-hydrogen) atoms. The van der Waals surface area contributed by atoms with Gasteiger partial charge in [-0.05, 0) is 31.2 Å². The summed E-state index contributed by atoms with van der Waals surface area (Å²) in [7, 11) is 1.94. The molecule has 0 aliphatic heterocycles. The van der Waals surface area contributed by atoms with Gasteiger partial charge in [0.2, 0.25) is 0 Å². The van der Waals surface area contributed by atoms with Crippen LogP contribution in [0.2, 0.25) is 0 Å². The predicted molar refractivity (Wildman–Crippen MR) is 68.7 cm³/mol. The van der Waals surface area contributed by atoms with E-state index in [9.17, 15) is 5.11 Å². The van der Waals surface area contributed by atoms with Crippen molar-refractivity contribution in [2.24, 2.45) is 13.0 Å².